The monoisotopic (exact) mass is 288 g/mol. The molecule has 0 saturated carbocycles. The van der Waals surface area contributed by atoms with Crippen molar-refractivity contribution in [3.05, 3.63) is 42.5 Å². The summed E-state index contributed by atoms with van der Waals surface area (Å²) in [6, 6.07) is 7.83. The second-order valence-corrected chi connectivity index (χ2v) is 5.33. The van der Waals surface area contributed by atoms with Crippen molar-refractivity contribution in [2.45, 2.75) is 33.1 Å². The molecule has 0 unspecified atom stereocenters. The predicted molar refractivity (Wildman–Crippen MR) is 86.2 cm³/mol. The molecule has 1 N–H and O–H groups in total. The van der Waals surface area contributed by atoms with Crippen molar-refractivity contribution in [3.8, 4) is 0 Å². The smallest absolute Gasteiger partial charge is 0.226 e. The number of hydrogen-bond acceptors (Lipinski definition) is 2. The van der Waals surface area contributed by atoms with Crippen LogP contribution in [0, 0.1) is 0 Å². The highest BCUT2D eigenvalue weighted by atomic mass is 16.2. The van der Waals surface area contributed by atoms with Crippen molar-refractivity contribution in [1.29, 1.82) is 0 Å². The van der Waals surface area contributed by atoms with Crippen LogP contribution < -0.4 is 5.32 Å². The molecule has 1 aromatic carbocycles. The summed E-state index contributed by atoms with van der Waals surface area (Å²) in [6.07, 6.45) is 1.93. The Morgan fingerprint density at radius 2 is 1.90 bits per heavy atom. The lowest BCUT2D eigenvalue weighted by molar-refractivity contribution is -0.128. The first kappa shape index (κ1) is 17.0. The molecule has 4 nitrogen and oxygen atoms in total. The molecule has 0 aliphatic rings. The second kappa shape index (κ2) is 8.25. The molecular formula is C17H24N2O2. The Kier molecular flexibility index (Phi) is 6.66. The van der Waals surface area contributed by atoms with Crippen LogP contribution in [0.25, 0.3) is 0 Å². The maximum absolute atomic E-state index is 11.9. The summed E-state index contributed by atoms with van der Waals surface area (Å²) in [4.78, 5) is 24.8. The SMILES string of the molecule is C=CCN(CCC(=O)Nc1ccc(C(C)C)cc1)C(C)=O. The van der Waals surface area contributed by atoms with Crippen LogP contribution in [-0.2, 0) is 9.59 Å². The first-order valence-electron chi connectivity index (χ1n) is 7.20. The predicted octanol–water partition coefficient (Wildman–Crippen LogP) is 3.17. The van der Waals surface area contributed by atoms with E-state index >= 15 is 0 Å². The van der Waals surface area contributed by atoms with Crippen molar-refractivity contribution < 1.29 is 9.59 Å². The van der Waals surface area contributed by atoms with Gasteiger partial charge in [-0.25, -0.2) is 0 Å². The molecule has 114 valence electrons. The number of nitrogens with zero attached hydrogens (tertiary/aromatic N) is 1. The summed E-state index contributed by atoms with van der Waals surface area (Å²) < 4.78 is 0. The van der Waals surface area contributed by atoms with Crippen LogP contribution in [0.15, 0.2) is 36.9 Å². The fraction of sp³-hybridized carbons (Fsp3) is 0.412. The van der Waals surface area contributed by atoms with Gasteiger partial charge >= 0.3 is 0 Å². The summed E-state index contributed by atoms with van der Waals surface area (Å²) in [6.45, 7) is 10.2. The summed E-state index contributed by atoms with van der Waals surface area (Å²) in [5, 5.41) is 2.84. The van der Waals surface area contributed by atoms with Gasteiger partial charge in [-0.05, 0) is 23.6 Å². The minimum absolute atomic E-state index is 0.0519. The molecule has 0 bridgehead atoms. The molecule has 0 heterocycles. The quantitative estimate of drug-likeness (QED) is 0.783. The Balaban J connectivity index is 2.49. The molecule has 4 heteroatoms. The number of benzene rings is 1. The molecule has 0 radical (unpaired) electrons. The Morgan fingerprint density at radius 1 is 1.29 bits per heavy atom. The van der Waals surface area contributed by atoms with Gasteiger partial charge in [-0.15, -0.1) is 6.58 Å². The third kappa shape index (κ3) is 5.81. The lowest BCUT2D eigenvalue weighted by atomic mass is 10.0. The van der Waals surface area contributed by atoms with Crippen molar-refractivity contribution in [3.63, 3.8) is 0 Å². The van der Waals surface area contributed by atoms with Crippen LogP contribution in [0.1, 0.15) is 38.7 Å². The highest BCUT2D eigenvalue weighted by molar-refractivity contribution is 5.91. The van der Waals surface area contributed by atoms with Gasteiger partial charge in [-0.2, -0.15) is 0 Å². The molecule has 0 saturated heterocycles. The van der Waals surface area contributed by atoms with Crippen LogP contribution in [0.4, 0.5) is 5.69 Å². The molecule has 0 aliphatic carbocycles. The van der Waals surface area contributed by atoms with Crippen LogP contribution in [0.2, 0.25) is 0 Å². The number of carbonyl (C=O) groups is 2. The zero-order chi connectivity index (χ0) is 15.8. The Morgan fingerprint density at radius 3 is 2.38 bits per heavy atom. The number of nitrogens with one attached hydrogen (secondary N) is 1. The van der Waals surface area contributed by atoms with Gasteiger partial charge in [0.2, 0.25) is 11.8 Å². The molecular weight excluding hydrogens is 264 g/mol. The van der Waals surface area contributed by atoms with Gasteiger partial charge in [0.05, 0.1) is 0 Å². The van der Waals surface area contributed by atoms with E-state index in [2.05, 4.69) is 25.7 Å². The van der Waals surface area contributed by atoms with Gasteiger partial charge in [-0.1, -0.05) is 32.1 Å². The first-order valence-corrected chi connectivity index (χ1v) is 7.20. The number of carbonyl (C=O) groups excluding carboxylic acids is 2. The largest absolute Gasteiger partial charge is 0.339 e. The standard InChI is InChI=1S/C17H24N2O2/c1-5-11-19(14(4)20)12-10-17(21)18-16-8-6-15(7-9-16)13(2)3/h5-9,13H,1,10-12H2,2-4H3,(H,18,21). The van der Waals surface area contributed by atoms with Gasteiger partial charge in [0.1, 0.15) is 0 Å². The highest BCUT2D eigenvalue weighted by Crippen LogP contribution is 2.17. The van der Waals surface area contributed by atoms with Gasteiger partial charge < -0.3 is 10.2 Å². The molecule has 0 aliphatic heterocycles. The summed E-state index contributed by atoms with van der Waals surface area (Å²) in [7, 11) is 0. The van der Waals surface area contributed by atoms with E-state index in [1.54, 1.807) is 11.0 Å². The lowest BCUT2D eigenvalue weighted by Crippen LogP contribution is -2.32. The van der Waals surface area contributed by atoms with Crippen molar-refractivity contribution in [1.82, 2.24) is 4.90 Å². The fourth-order valence-corrected chi connectivity index (χ4v) is 1.94. The molecule has 0 aromatic heterocycles. The van der Waals surface area contributed by atoms with E-state index in [-0.39, 0.29) is 18.2 Å². The number of hydrogen-bond donors (Lipinski definition) is 1. The molecule has 1 aromatic rings. The normalized spacial score (nSPS) is 10.3. The first-order chi connectivity index (χ1) is 9.93. The Labute approximate surface area is 126 Å². The third-order valence-electron chi connectivity index (χ3n) is 3.26. The zero-order valence-electron chi connectivity index (χ0n) is 13.1. The van der Waals surface area contributed by atoms with Crippen LogP contribution in [0.5, 0.6) is 0 Å². The number of rotatable bonds is 7. The minimum atomic E-state index is -0.0948. The lowest BCUT2D eigenvalue weighted by Gasteiger charge is -2.18. The maximum atomic E-state index is 11.9. The summed E-state index contributed by atoms with van der Waals surface area (Å²) >= 11 is 0. The highest BCUT2D eigenvalue weighted by Gasteiger charge is 2.10. The van der Waals surface area contributed by atoms with Gasteiger partial charge in [0.15, 0.2) is 0 Å². The van der Waals surface area contributed by atoms with Crippen LogP contribution >= 0.6 is 0 Å². The minimum Gasteiger partial charge on any atom is -0.339 e. The van der Waals surface area contributed by atoms with E-state index in [0.29, 0.717) is 19.0 Å². The maximum Gasteiger partial charge on any atom is 0.226 e. The third-order valence-corrected chi connectivity index (χ3v) is 3.26. The molecule has 1 rings (SSSR count). The van der Waals surface area contributed by atoms with E-state index in [0.717, 1.165) is 5.69 Å². The van der Waals surface area contributed by atoms with E-state index in [4.69, 9.17) is 0 Å². The topological polar surface area (TPSA) is 49.4 Å². The van der Waals surface area contributed by atoms with E-state index in [1.165, 1.54) is 12.5 Å². The van der Waals surface area contributed by atoms with E-state index < -0.39 is 0 Å². The van der Waals surface area contributed by atoms with Gasteiger partial charge in [0, 0.05) is 32.1 Å². The number of amides is 2. The van der Waals surface area contributed by atoms with Crippen molar-refractivity contribution >= 4 is 17.5 Å². The molecule has 0 spiro atoms. The Bertz CT molecular complexity index is 492. The van der Waals surface area contributed by atoms with E-state index in [1.807, 2.05) is 24.3 Å². The summed E-state index contributed by atoms with van der Waals surface area (Å²) in [5.41, 5.74) is 2.02. The average molecular weight is 288 g/mol. The van der Waals surface area contributed by atoms with Gasteiger partial charge in [0.25, 0.3) is 0 Å². The Hall–Kier alpha value is -2.10. The molecule has 2 amide bonds. The second-order valence-electron chi connectivity index (χ2n) is 5.33. The average Bonchev–Trinajstić information content (AvgIpc) is 2.43. The summed E-state index contributed by atoms with van der Waals surface area (Å²) in [5.74, 6) is 0.323. The number of anilines is 1. The van der Waals surface area contributed by atoms with Crippen molar-refractivity contribution in [2.75, 3.05) is 18.4 Å². The molecule has 21 heavy (non-hydrogen) atoms. The fourth-order valence-electron chi connectivity index (χ4n) is 1.94. The van der Waals surface area contributed by atoms with Crippen LogP contribution in [0.3, 0.4) is 0 Å². The molecule has 0 atom stereocenters. The molecule has 0 fully saturated rings. The van der Waals surface area contributed by atoms with Crippen LogP contribution in [-0.4, -0.2) is 29.8 Å². The van der Waals surface area contributed by atoms with Crippen molar-refractivity contribution in [2.24, 2.45) is 0 Å². The van der Waals surface area contributed by atoms with E-state index in [9.17, 15) is 9.59 Å². The van der Waals surface area contributed by atoms with Gasteiger partial charge in [-0.3, -0.25) is 9.59 Å². The zero-order valence-corrected chi connectivity index (χ0v) is 13.1.